The van der Waals surface area contributed by atoms with E-state index in [1.165, 1.54) is 4.90 Å². The van der Waals surface area contributed by atoms with Crippen molar-refractivity contribution in [3.63, 3.8) is 0 Å². The van der Waals surface area contributed by atoms with Gasteiger partial charge >= 0.3 is 5.97 Å². The summed E-state index contributed by atoms with van der Waals surface area (Å²) in [5, 5.41) is 2.94. The average Bonchev–Trinajstić information content (AvgIpc) is 3.09. The summed E-state index contributed by atoms with van der Waals surface area (Å²) in [5.74, 6) is 0.178. The zero-order chi connectivity index (χ0) is 20.4. The van der Waals surface area contributed by atoms with Crippen LogP contribution in [0.4, 0.5) is 5.69 Å². The number of benzene rings is 1. The number of esters is 1. The molecule has 28 heavy (non-hydrogen) atoms. The molecule has 0 saturated carbocycles. The van der Waals surface area contributed by atoms with E-state index in [0.717, 1.165) is 16.3 Å². The Morgan fingerprint density at radius 2 is 2.14 bits per heavy atom. The van der Waals surface area contributed by atoms with Crippen molar-refractivity contribution in [3.05, 3.63) is 28.6 Å². The third-order valence-corrected chi connectivity index (χ3v) is 5.33. The van der Waals surface area contributed by atoms with Gasteiger partial charge in [0, 0.05) is 10.9 Å². The lowest BCUT2D eigenvalue weighted by molar-refractivity contribution is -0.148. The maximum atomic E-state index is 13.0. The molecule has 1 aliphatic rings. The first-order valence-electron chi connectivity index (χ1n) is 9.54. The normalized spacial score (nSPS) is 17.3. The van der Waals surface area contributed by atoms with Crippen LogP contribution in [0.1, 0.15) is 39.1 Å². The molecular formula is C21H26N2O4S. The third-order valence-electron chi connectivity index (χ3n) is 4.55. The van der Waals surface area contributed by atoms with E-state index in [1.54, 1.807) is 18.3 Å². The lowest BCUT2D eigenvalue weighted by atomic mass is 10.0. The van der Waals surface area contributed by atoms with Crippen molar-refractivity contribution in [2.45, 2.75) is 53.2 Å². The van der Waals surface area contributed by atoms with Crippen LogP contribution in [0.5, 0.6) is 5.75 Å². The summed E-state index contributed by atoms with van der Waals surface area (Å²) >= 11 is 1.57. The fraction of sp³-hybridized carbons (Fsp3) is 0.476. The van der Waals surface area contributed by atoms with Gasteiger partial charge in [-0.15, -0.1) is 11.3 Å². The van der Waals surface area contributed by atoms with Gasteiger partial charge in [-0.05, 0) is 44.4 Å². The summed E-state index contributed by atoms with van der Waals surface area (Å²) in [4.78, 5) is 31.8. The summed E-state index contributed by atoms with van der Waals surface area (Å²) in [6, 6.07) is 4.93. The molecule has 1 aliphatic heterocycles. The Labute approximate surface area is 169 Å². The van der Waals surface area contributed by atoms with E-state index in [1.807, 2.05) is 51.3 Å². The number of ether oxygens (including phenoxy) is 2. The summed E-state index contributed by atoms with van der Waals surface area (Å²) in [6.07, 6.45) is -0.207. The third kappa shape index (κ3) is 4.04. The first kappa shape index (κ1) is 20.3. The molecule has 0 spiro atoms. The maximum Gasteiger partial charge on any atom is 0.329 e. The molecule has 0 N–H and O–H groups in total. The fourth-order valence-corrected chi connectivity index (χ4v) is 3.76. The molecule has 0 bridgehead atoms. The van der Waals surface area contributed by atoms with Crippen LogP contribution in [0.15, 0.2) is 23.6 Å². The van der Waals surface area contributed by atoms with Crippen LogP contribution < -0.4 is 9.64 Å². The summed E-state index contributed by atoms with van der Waals surface area (Å²) in [7, 11) is 0. The minimum absolute atomic E-state index is 0.229. The van der Waals surface area contributed by atoms with Crippen LogP contribution in [-0.2, 0) is 14.3 Å². The van der Waals surface area contributed by atoms with Gasteiger partial charge in [0.15, 0.2) is 6.10 Å². The number of rotatable bonds is 6. The van der Waals surface area contributed by atoms with Crippen molar-refractivity contribution in [2.24, 2.45) is 5.92 Å². The summed E-state index contributed by atoms with van der Waals surface area (Å²) in [6.45, 7) is 9.81. The van der Waals surface area contributed by atoms with Gasteiger partial charge in [0.25, 0.3) is 5.91 Å². The zero-order valence-corrected chi connectivity index (χ0v) is 17.7. The molecule has 2 heterocycles. The molecule has 1 aromatic carbocycles. The second-order valence-corrected chi connectivity index (χ2v) is 8.41. The number of nitrogens with zero attached hydrogens (tertiary/aromatic N) is 2. The van der Waals surface area contributed by atoms with Gasteiger partial charge in [0.1, 0.15) is 11.8 Å². The highest BCUT2D eigenvalue weighted by atomic mass is 32.1. The molecule has 6 nitrogen and oxygen atoms in total. The summed E-state index contributed by atoms with van der Waals surface area (Å²) in [5.41, 5.74) is 2.30. The second kappa shape index (κ2) is 8.31. The van der Waals surface area contributed by atoms with Crippen LogP contribution >= 0.6 is 11.3 Å². The van der Waals surface area contributed by atoms with Gasteiger partial charge in [-0.3, -0.25) is 9.69 Å². The number of carbonyl (C=O) groups is 2. The Balaban J connectivity index is 2.00. The lowest BCUT2D eigenvalue weighted by Gasteiger charge is -2.37. The first-order valence-corrected chi connectivity index (χ1v) is 10.4. The highest BCUT2D eigenvalue weighted by molar-refractivity contribution is 7.09. The number of fused-ring (bicyclic) bond motifs is 1. The zero-order valence-electron chi connectivity index (χ0n) is 16.9. The molecule has 2 aromatic rings. The maximum absolute atomic E-state index is 13.0. The van der Waals surface area contributed by atoms with E-state index < -0.39 is 12.1 Å². The minimum atomic E-state index is -0.691. The van der Waals surface area contributed by atoms with Crippen LogP contribution in [0.25, 0.3) is 11.3 Å². The first-order chi connectivity index (χ1) is 13.3. The molecule has 2 unspecified atom stereocenters. The molecule has 0 radical (unpaired) electrons. The Morgan fingerprint density at radius 1 is 1.39 bits per heavy atom. The molecule has 0 fully saturated rings. The smallest absolute Gasteiger partial charge is 0.329 e. The van der Waals surface area contributed by atoms with Crippen LogP contribution in [0.2, 0.25) is 0 Å². The van der Waals surface area contributed by atoms with Crippen molar-refractivity contribution in [2.75, 3.05) is 11.5 Å². The molecule has 1 aromatic heterocycles. The fourth-order valence-electron chi connectivity index (χ4n) is 3.14. The minimum Gasteiger partial charge on any atom is -0.479 e. The SMILES string of the molecule is CCC(C(=O)OCC(C)C)N1C(=O)C(C)Oc2ccc(-c3csc(C)n3)cc21. The van der Waals surface area contributed by atoms with E-state index in [2.05, 4.69) is 4.98 Å². The Kier molecular flexibility index (Phi) is 6.03. The van der Waals surface area contributed by atoms with Gasteiger partial charge in [0.05, 0.1) is 23.0 Å². The highest BCUT2D eigenvalue weighted by Crippen LogP contribution is 2.39. The van der Waals surface area contributed by atoms with Crippen molar-refractivity contribution in [3.8, 4) is 17.0 Å². The van der Waals surface area contributed by atoms with Crippen molar-refractivity contribution in [1.29, 1.82) is 0 Å². The topological polar surface area (TPSA) is 68.7 Å². The van der Waals surface area contributed by atoms with Crippen LogP contribution in [-0.4, -0.2) is 35.6 Å². The number of hydrogen-bond acceptors (Lipinski definition) is 6. The molecular weight excluding hydrogens is 376 g/mol. The lowest BCUT2D eigenvalue weighted by Crippen LogP contribution is -2.53. The van der Waals surface area contributed by atoms with Crippen LogP contribution in [0.3, 0.4) is 0 Å². The predicted molar refractivity (Wildman–Crippen MR) is 110 cm³/mol. The Morgan fingerprint density at radius 3 is 2.75 bits per heavy atom. The van der Waals surface area contributed by atoms with Gasteiger partial charge in [0.2, 0.25) is 0 Å². The molecule has 0 aliphatic carbocycles. The molecule has 3 rings (SSSR count). The standard InChI is InChI=1S/C21H26N2O4S/c1-6-17(21(25)26-10-12(2)3)23-18-9-15(16-11-28-14(5)22-16)7-8-19(18)27-13(4)20(23)24/h7-9,11-13,17H,6,10H2,1-5H3. The Hall–Kier alpha value is -2.41. The van der Waals surface area contributed by atoms with E-state index in [0.29, 0.717) is 24.5 Å². The number of aryl methyl sites for hydroxylation is 1. The molecule has 150 valence electrons. The van der Waals surface area contributed by atoms with E-state index >= 15 is 0 Å². The quantitative estimate of drug-likeness (QED) is 0.677. The van der Waals surface area contributed by atoms with Gasteiger partial charge in [-0.1, -0.05) is 20.8 Å². The van der Waals surface area contributed by atoms with E-state index in [4.69, 9.17) is 9.47 Å². The highest BCUT2D eigenvalue weighted by Gasteiger charge is 2.39. The van der Waals surface area contributed by atoms with Gasteiger partial charge in [-0.2, -0.15) is 0 Å². The second-order valence-electron chi connectivity index (χ2n) is 7.35. The number of aromatic nitrogens is 1. The number of carbonyl (C=O) groups excluding carboxylic acids is 2. The molecule has 1 amide bonds. The van der Waals surface area contributed by atoms with Gasteiger partial charge in [-0.25, -0.2) is 9.78 Å². The van der Waals surface area contributed by atoms with Crippen LogP contribution in [0, 0.1) is 12.8 Å². The van der Waals surface area contributed by atoms with Gasteiger partial charge < -0.3 is 9.47 Å². The number of anilines is 1. The molecule has 7 heteroatoms. The molecule has 2 atom stereocenters. The largest absolute Gasteiger partial charge is 0.479 e. The molecule has 0 saturated heterocycles. The monoisotopic (exact) mass is 402 g/mol. The number of amides is 1. The van der Waals surface area contributed by atoms with Crippen molar-refractivity contribution < 1.29 is 19.1 Å². The number of hydrogen-bond donors (Lipinski definition) is 0. The van der Waals surface area contributed by atoms with E-state index in [9.17, 15) is 9.59 Å². The summed E-state index contributed by atoms with van der Waals surface area (Å²) < 4.78 is 11.2. The number of thiazole rings is 1. The van der Waals surface area contributed by atoms with Crippen molar-refractivity contribution in [1.82, 2.24) is 4.98 Å². The Bertz CT molecular complexity index is 877. The van der Waals surface area contributed by atoms with Crippen molar-refractivity contribution >= 4 is 28.9 Å². The predicted octanol–water partition coefficient (Wildman–Crippen LogP) is 4.21. The average molecular weight is 403 g/mol. The van der Waals surface area contributed by atoms with E-state index in [-0.39, 0.29) is 17.8 Å².